The summed E-state index contributed by atoms with van der Waals surface area (Å²) in [5.74, 6) is 0. The molecule has 0 amide bonds. The van der Waals surface area contributed by atoms with Gasteiger partial charge in [0.1, 0.15) is 0 Å². The fraction of sp³-hybridized carbons (Fsp3) is 0.300. The second-order valence-electron chi connectivity index (χ2n) is 6.38. The average molecular weight is 352 g/mol. The number of rotatable bonds is 3. The highest BCUT2D eigenvalue weighted by Gasteiger charge is 2.27. The van der Waals surface area contributed by atoms with Gasteiger partial charge in [-0.3, -0.25) is 9.78 Å². The summed E-state index contributed by atoms with van der Waals surface area (Å²) in [4.78, 5) is 17.0. The molecule has 1 aliphatic heterocycles. The van der Waals surface area contributed by atoms with Gasteiger partial charge in [0.05, 0.1) is 22.0 Å². The van der Waals surface area contributed by atoms with Crippen LogP contribution in [0.1, 0.15) is 19.0 Å². The zero-order chi connectivity index (χ0) is 17.4. The van der Waals surface area contributed by atoms with E-state index in [0.717, 1.165) is 35.0 Å². The summed E-state index contributed by atoms with van der Waals surface area (Å²) in [5.41, 5.74) is 2.87. The van der Waals surface area contributed by atoms with Gasteiger partial charge in [-0.15, -0.1) is 11.8 Å². The lowest BCUT2D eigenvalue weighted by atomic mass is 10.2. The van der Waals surface area contributed by atoms with Gasteiger partial charge in [-0.2, -0.15) is 0 Å². The Labute approximate surface area is 150 Å². The number of aryl methyl sites for hydroxylation is 1. The highest BCUT2D eigenvalue weighted by Crippen LogP contribution is 2.34. The molecule has 25 heavy (non-hydrogen) atoms. The molecule has 0 spiro atoms. The lowest BCUT2D eigenvalue weighted by molar-refractivity contribution is 0.127. The van der Waals surface area contributed by atoms with E-state index in [-0.39, 0.29) is 11.5 Å². The molecule has 2 aromatic heterocycles. The van der Waals surface area contributed by atoms with Crippen molar-refractivity contribution in [3.8, 4) is 5.69 Å². The van der Waals surface area contributed by atoms with E-state index in [1.54, 1.807) is 24.0 Å². The van der Waals surface area contributed by atoms with Crippen molar-refractivity contribution in [2.75, 3.05) is 6.61 Å². The normalized spacial score (nSPS) is 20.2. The summed E-state index contributed by atoms with van der Waals surface area (Å²) in [5, 5.41) is 1.96. The van der Waals surface area contributed by atoms with E-state index >= 15 is 0 Å². The molecular formula is C20H20N2O2S. The Morgan fingerprint density at radius 3 is 2.76 bits per heavy atom. The van der Waals surface area contributed by atoms with Crippen molar-refractivity contribution in [2.45, 2.75) is 36.6 Å². The molecule has 4 nitrogen and oxygen atoms in total. The Morgan fingerprint density at radius 2 is 2.04 bits per heavy atom. The lowest BCUT2D eigenvalue weighted by Crippen LogP contribution is -2.17. The van der Waals surface area contributed by atoms with Gasteiger partial charge in [0.15, 0.2) is 5.43 Å². The molecule has 1 aromatic carbocycles. The molecule has 1 aliphatic rings. The van der Waals surface area contributed by atoms with Crippen molar-refractivity contribution in [3.63, 3.8) is 0 Å². The monoisotopic (exact) mass is 352 g/mol. The van der Waals surface area contributed by atoms with Crippen molar-refractivity contribution in [2.24, 2.45) is 0 Å². The van der Waals surface area contributed by atoms with Crippen molar-refractivity contribution in [1.82, 2.24) is 9.55 Å². The highest BCUT2D eigenvalue weighted by atomic mass is 32.2. The summed E-state index contributed by atoms with van der Waals surface area (Å²) in [6, 6.07) is 13.9. The Balaban J connectivity index is 1.96. The molecule has 3 heterocycles. The number of fused-ring (bicyclic) bond motifs is 1. The first-order valence-corrected chi connectivity index (χ1v) is 9.37. The van der Waals surface area contributed by atoms with E-state index in [4.69, 9.17) is 4.74 Å². The number of para-hydroxylation sites is 1. The topological polar surface area (TPSA) is 44.1 Å². The van der Waals surface area contributed by atoms with Crippen molar-refractivity contribution in [3.05, 3.63) is 64.6 Å². The standard InChI is InChI=1S/C20H20N2O2S/c1-13-10-17-16(12-21-13)18(23)11-20(25-19-8-9-24-14(19)2)22(17)15-6-4-3-5-7-15/h3-7,10-12,14,19H,8-9H2,1-2H3. The van der Waals surface area contributed by atoms with E-state index in [0.29, 0.717) is 10.6 Å². The number of nitrogens with zero attached hydrogens (tertiary/aromatic N) is 2. The maximum Gasteiger partial charge on any atom is 0.192 e. The molecule has 128 valence electrons. The van der Waals surface area contributed by atoms with Crippen molar-refractivity contribution >= 4 is 22.7 Å². The first kappa shape index (κ1) is 16.4. The molecule has 4 rings (SSSR count). The van der Waals surface area contributed by atoms with Crippen molar-refractivity contribution in [1.29, 1.82) is 0 Å². The SMILES string of the molecule is Cc1cc2c(cn1)c(=O)cc(SC1CCOC1C)n2-c1ccccc1. The Bertz CT molecular complexity index is 969. The Morgan fingerprint density at radius 1 is 1.24 bits per heavy atom. The number of ether oxygens (including phenoxy) is 1. The minimum atomic E-state index is 0.0174. The summed E-state index contributed by atoms with van der Waals surface area (Å²) >= 11 is 1.73. The van der Waals surface area contributed by atoms with Crippen LogP contribution in [0.2, 0.25) is 0 Å². The predicted molar refractivity (Wildman–Crippen MR) is 102 cm³/mol. The minimum absolute atomic E-state index is 0.0174. The van der Waals surface area contributed by atoms with Crippen LogP contribution < -0.4 is 5.43 Å². The van der Waals surface area contributed by atoms with Gasteiger partial charge < -0.3 is 9.30 Å². The van der Waals surface area contributed by atoms with E-state index < -0.39 is 0 Å². The van der Waals surface area contributed by atoms with Crippen LogP contribution in [-0.4, -0.2) is 27.5 Å². The van der Waals surface area contributed by atoms with Gasteiger partial charge in [0.2, 0.25) is 0 Å². The second-order valence-corrected chi connectivity index (χ2v) is 7.64. The summed E-state index contributed by atoms with van der Waals surface area (Å²) in [6.07, 6.45) is 2.88. The van der Waals surface area contributed by atoms with Gasteiger partial charge in [-0.05, 0) is 38.5 Å². The van der Waals surface area contributed by atoms with Gasteiger partial charge in [0.25, 0.3) is 0 Å². The number of hydrogen-bond donors (Lipinski definition) is 0. The maximum atomic E-state index is 12.7. The van der Waals surface area contributed by atoms with E-state index in [1.807, 2.05) is 31.2 Å². The summed E-state index contributed by atoms with van der Waals surface area (Å²) in [6.45, 7) is 4.84. The molecule has 3 aromatic rings. The Kier molecular flexibility index (Phi) is 4.36. The van der Waals surface area contributed by atoms with Crippen LogP contribution in [0.3, 0.4) is 0 Å². The summed E-state index contributed by atoms with van der Waals surface area (Å²) in [7, 11) is 0. The number of benzene rings is 1. The molecule has 0 saturated carbocycles. The van der Waals surface area contributed by atoms with Crippen LogP contribution in [0.15, 0.2) is 58.5 Å². The number of aromatic nitrogens is 2. The lowest BCUT2D eigenvalue weighted by Gasteiger charge is -2.20. The highest BCUT2D eigenvalue weighted by molar-refractivity contribution is 8.00. The quantitative estimate of drug-likeness (QED) is 0.716. The van der Waals surface area contributed by atoms with Gasteiger partial charge in [0, 0.05) is 35.5 Å². The molecule has 2 atom stereocenters. The van der Waals surface area contributed by atoms with Crippen LogP contribution in [-0.2, 0) is 4.74 Å². The average Bonchev–Trinajstić information content (AvgIpc) is 3.00. The van der Waals surface area contributed by atoms with Crippen LogP contribution in [0.25, 0.3) is 16.6 Å². The minimum Gasteiger partial charge on any atom is -0.377 e. The molecule has 0 radical (unpaired) electrons. The van der Waals surface area contributed by atoms with Gasteiger partial charge in [-0.1, -0.05) is 18.2 Å². The molecule has 0 N–H and O–H groups in total. The van der Waals surface area contributed by atoms with Gasteiger partial charge in [-0.25, -0.2) is 0 Å². The van der Waals surface area contributed by atoms with Crippen LogP contribution in [0.5, 0.6) is 0 Å². The van der Waals surface area contributed by atoms with E-state index in [9.17, 15) is 4.79 Å². The first-order valence-electron chi connectivity index (χ1n) is 8.49. The fourth-order valence-electron chi connectivity index (χ4n) is 3.25. The Hall–Kier alpha value is -2.11. The third-order valence-corrected chi connectivity index (χ3v) is 6.06. The largest absolute Gasteiger partial charge is 0.377 e. The molecular weight excluding hydrogens is 332 g/mol. The number of thioether (sulfide) groups is 1. The number of hydrogen-bond acceptors (Lipinski definition) is 4. The van der Waals surface area contributed by atoms with Crippen LogP contribution >= 0.6 is 11.8 Å². The number of pyridine rings is 2. The second kappa shape index (κ2) is 6.65. The van der Waals surface area contributed by atoms with Gasteiger partial charge >= 0.3 is 0 Å². The molecule has 0 aliphatic carbocycles. The molecule has 2 unspecified atom stereocenters. The molecule has 1 saturated heterocycles. The zero-order valence-corrected chi connectivity index (χ0v) is 15.1. The predicted octanol–water partition coefficient (Wildman–Crippen LogP) is 3.96. The van der Waals surface area contributed by atoms with E-state index in [2.05, 4.69) is 28.6 Å². The maximum absolute atomic E-state index is 12.7. The summed E-state index contributed by atoms with van der Waals surface area (Å²) < 4.78 is 7.87. The smallest absolute Gasteiger partial charge is 0.192 e. The van der Waals surface area contributed by atoms with E-state index in [1.165, 1.54) is 0 Å². The van der Waals surface area contributed by atoms with Crippen molar-refractivity contribution < 1.29 is 4.74 Å². The molecule has 0 bridgehead atoms. The third-order valence-electron chi connectivity index (χ3n) is 4.59. The zero-order valence-electron chi connectivity index (χ0n) is 14.3. The molecule has 5 heteroatoms. The fourth-order valence-corrected chi connectivity index (χ4v) is 4.52. The van der Waals surface area contributed by atoms with Crippen LogP contribution in [0.4, 0.5) is 0 Å². The first-order chi connectivity index (χ1) is 12.1. The van der Waals surface area contributed by atoms with Crippen LogP contribution in [0, 0.1) is 6.92 Å². The third kappa shape index (κ3) is 3.10. The molecule has 1 fully saturated rings.